The third-order valence-electron chi connectivity index (χ3n) is 1.65. The summed E-state index contributed by atoms with van der Waals surface area (Å²) in [5.41, 5.74) is 0.646. The normalized spacial score (nSPS) is 10.5. The van der Waals surface area contributed by atoms with E-state index in [1.54, 1.807) is 30.5 Å². The second-order valence-electron chi connectivity index (χ2n) is 3.15. The van der Waals surface area contributed by atoms with Gasteiger partial charge in [-0.25, -0.2) is 0 Å². The Morgan fingerprint density at radius 3 is 2.36 bits per heavy atom. The number of benzene rings is 1. The molecular formula is C11H12ClNO. The van der Waals surface area contributed by atoms with Crippen molar-refractivity contribution in [3.8, 4) is 0 Å². The Labute approximate surface area is 88.8 Å². The summed E-state index contributed by atoms with van der Waals surface area (Å²) in [7, 11) is 3.73. The van der Waals surface area contributed by atoms with Crippen LogP contribution < -0.4 is 0 Å². The van der Waals surface area contributed by atoms with Gasteiger partial charge in [0.25, 0.3) is 0 Å². The molecule has 0 saturated heterocycles. The van der Waals surface area contributed by atoms with Crippen molar-refractivity contribution in [3.63, 3.8) is 0 Å². The average molecular weight is 210 g/mol. The highest BCUT2D eigenvalue weighted by molar-refractivity contribution is 6.30. The van der Waals surface area contributed by atoms with Crippen molar-refractivity contribution in [1.82, 2.24) is 4.90 Å². The summed E-state index contributed by atoms with van der Waals surface area (Å²) >= 11 is 5.71. The Balaban J connectivity index is 2.75. The van der Waals surface area contributed by atoms with Gasteiger partial charge in [-0.05, 0) is 24.3 Å². The molecule has 0 aliphatic heterocycles. The maximum absolute atomic E-state index is 11.5. The van der Waals surface area contributed by atoms with E-state index in [0.717, 1.165) is 0 Å². The minimum absolute atomic E-state index is 0.0182. The molecule has 2 nitrogen and oxygen atoms in total. The van der Waals surface area contributed by atoms with Crippen LogP contribution in [0.15, 0.2) is 36.5 Å². The van der Waals surface area contributed by atoms with Gasteiger partial charge in [0.1, 0.15) is 0 Å². The van der Waals surface area contributed by atoms with Gasteiger partial charge in [-0.3, -0.25) is 4.79 Å². The first-order valence-corrected chi connectivity index (χ1v) is 4.62. The molecule has 0 amide bonds. The molecule has 14 heavy (non-hydrogen) atoms. The monoisotopic (exact) mass is 209 g/mol. The van der Waals surface area contributed by atoms with Gasteiger partial charge in [-0.15, -0.1) is 0 Å². The van der Waals surface area contributed by atoms with Gasteiger partial charge in [-0.1, -0.05) is 11.6 Å². The molecule has 0 saturated carbocycles. The summed E-state index contributed by atoms with van der Waals surface area (Å²) in [6.07, 6.45) is 3.25. The van der Waals surface area contributed by atoms with Crippen LogP contribution in [0.4, 0.5) is 0 Å². The summed E-state index contributed by atoms with van der Waals surface area (Å²) in [4.78, 5) is 13.3. The van der Waals surface area contributed by atoms with E-state index >= 15 is 0 Å². The average Bonchev–Trinajstić information content (AvgIpc) is 2.15. The van der Waals surface area contributed by atoms with E-state index in [4.69, 9.17) is 11.6 Å². The van der Waals surface area contributed by atoms with E-state index in [-0.39, 0.29) is 5.78 Å². The highest BCUT2D eigenvalue weighted by Crippen LogP contribution is 2.10. The molecular weight excluding hydrogens is 198 g/mol. The molecule has 0 aliphatic carbocycles. The number of ketones is 1. The maximum atomic E-state index is 11.5. The second-order valence-corrected chi connectivity index (χ2v) is 3.59. The highest BCUT2D eigenvalue weighted by Gasteiger charge is 2.00. The lowest BCUT2D eigenvalue weighted by molar-refractivity contribution is 0.104. The zero-order valence-corrected chi connectivity index (χ0v) is 8.95. The zero-order chi connectivity index (χ0) is 10.6. The van der Waals surface area contributed by atoms with Crippen LogP contribution in [0, 0.1) is 0 Å². The molecule has 74 valence electrons. The first-order valence-electron chi connectivity index (χ1n) is 4.24. The minimum atomic E-state index is -0.0182. The van der Waals surface area contributed by atoms with Crippen molar-refractivity contribution in [2.24, 2.45) is 0 Å². The molecule has 0 N–H and O–H groups in total. The molecule has 0 fully saturated rings. The van der Waals surface area contributed by atoms with Crippen molar-refractivity contribution in [2.75, 3.05) is 14.1 Å². The summed E-state index contributed by atoms with van der Waals surface area (Å²) in [6.45, 7) is 0. The lowest BCUT2D eigenvalue weighted by Gasteiger charge is -2.02. The van der Waals surface area contributed by atoms with Crippen molar-refractivity contribution >= 4 is 17.4 Å². The molecule has 3 heteroatoms. The maximum Gasteiger partial charge on any atom is 0.187 e. The molecule has 0 unspecified atom stereocenters. The fourth-order valence-electron chi connectivity index (χ4n) is 0.927. The Hall–Kier alpha value is -1.28. The quantitative estimate of drug-likeness (QED) is 0.564. The molecule has 1 aromatic rings. The molecule has 0 bridgehead atoms. The van der Waals surface area contributed by atoms with Crippen LogP contribution in [0.2, 0.25) is 5.02 Å². The lowest BCUT2D eigenvalue weighted by Crippen LogP contribution is -2.02. The fourth-order valence-corrected chi connectivity index (χ4v) is 1.05. The van der Waals surface area contributed by atoms with Crippen LogP contribution in [0.25, 0.3) is 0 Å². The molecule has 0 radical (unpaired) electrons. The van der Waals surface area contributed by atoms with Gasteiger partial charge in [0.15, 0.2) is 5.78 Å². The van der Waals surface area contributed by atoms with Gasteiger partial charge in [-0.2, -0.15) is 0 Å². The molecule has 0 aliphatic rings. The Kier molecular flexibility index (Phi) is 3.72. The largest absolute Gasteiger partial charge is 0.383 e. The van der Waals surface area contributed by atoms with E-state index in [1.165, 1.54) is 6.08 Å². The van der Waals surface area contributed by atoms with E-state index in [0.29, 0.717) is 10.6 Å². The van der Waals surface area contributed by atoms with Gasteiger partial charge in [0.2, 0.25) is 0 Å². The predicted octanol–water partition coefficient (Wildman–Crippen LogP) is 2.60. The molecule has 1 rings (SSSR count). The number of carbonyl (C=O) groups is 1. The first-order chi connectivity index (χ1) is 6.59. The molecule has 0 spiro atoms. The summed E-state index contributed by atoms with van der Waals surface area (Å²) in [6, 6.07) is 6.84. The number of hydrogen-bond donors (Lipinski definition) is 0. The standard InChI is InChI=1S/C11H12ClNO/c1-13(2)8-7-11(14)9-3-5-10(12)6-4-9/h3-8H,1-2H3/b8-7+. The van der Waals surface area contributed by atoms with Gasteiger partial charge in [0.05, 0.1) is 0 Å². The second kappa shape index (κ2) is 4.82. The Bertz CT molecular complexity index is 341. The van der Waals surface area contributed by atoms with E-state index in [1.807, 2.05) is 19.0 Å². The van der Waals surface area contributed by atoms with Crippen LogP contribution >= 0.6 is 11.6 Å². The first kappa shape index (κ1) is 10.8. The van der Waals surface area contributed by atoms with Crippen LogP contribution in [-0.4, -0.2) is 24.8 Å². The summed E-state index contributed by atoms with van der Waals surface area (Å²) in [5.74, 6) is -0.0182. The van der Waals surface area contributed by atoms with Crippen molar-refractivity contribution in [2.45, 2.75) is 0 Å². The SMILES string of the molecule is CN(C)/C=C/C(=O)c1ccc(Cl)cc1. The van der Waals surface area contributed by atoms with Gasteiger partial charge in [0, 0.05) is 37.0 Å². The van der Waals surface area contributed by atoms with E-state index < -0.39 is 0 Å². The zero-order valence-electron chi connectivity index (χ0n) is 8.20. The Morgan fingerprint density at radius 2 is 1.86 bits per heavy atom. The van der Waals surface area contributed by atoms with Crippen molar-refractivity contribution in [3.05, 3.63) is 47.1 Å². The summed E-state index contributed by atoms with van der Waals surface area (Å²) in [5, 5.41) is 0.637. The van der Waals surface area contributed by atoms with Gasteiger partial charge >= 0.3 is 0 Å². The predicted molar refractivity (Wildman–Crippen MR) is 58.6 cm³/mol. The molecule has 0 atom stereocenters. The molecule has 0 heterocycles. The van der Waals surface area contributed by atoms with E-state index in [9.17, 15) is 4.79 Å². The number of nitrogens with zero attached hydrogens (tertiary/aromatic N) is 1. The number of rotatable bonds is 3. The van der Waals surface area contributed by atoms with Crippen molar-refractivity contribution < 1.29 is 4.79 Å². The number of carbonyl (C=O) groups excluding carboxylic acids is 1. The third kappa shape index (κ3) is 3.23. The number of hydrogen-bond acceptors (Lipinski definition) is 2. The smallest absolute Gasteiger partial charge is 0.187 e. The fraction of sp³-hybridized carbons (Fsp3) is 0.182. The topological polar surface area (TPSA) is 20.3 Å². The Morgan fingerprint density at radius 1 is 1.29 bits per heavy atom. The molecule has 0 aromatic heterocycles. The van der Waals surface area contributed by atoms with Crippen LogP contribution in [0.1, 0.15) is 10.4 Å². The number of halogens is 1. The van der Waals surface area contributed by atoms with Crippen molar-refractivity contribution in [1.29, 1.82) is 0 Å². The highest BCUT2D eigenvalue weighted by atomic mass is 35.5. The van der Waals surface area contributed by atoms with Crippen LogP contribution in [-0.2, 0) is 0 Å². The minimum Gasteiger partial charge on any atom is -0.383 e. The summed E-state index contributed by atoms with van der Waals surface area (Å²) < 4.78 is 0. The van der Waals surface area contributed by atoms with E-state index in [2.05, 4.69) is 0 Å². The van der Waals surface area contributed by atoms with Crippen LogP contribution in [0.3, 0.4) is 0 Å². The number of allylic oxidation sites excluding steroid dienone is 1. The van der Waals surface area contributed by atoms with Crippen LogP contribution in [0.5, 0.6) is 0 Å². The van der Waals surface area contributed by atoms with Gasteiger partial charge < -0.3 is 4.90 Å². The third-order valence-corrected chi connectivity index (χ3v) is 1.90. The molecule has 1 aromatic carbocycles. The lowest BCUT2D eigenvalue weighted by atomic mass is 10.1.